The maximum absolute atomic E-state index is 5.74. The van der Waals surface area contributed by atoms with Crippen molar-refractivity contribution in [2.75, 3.05) is 0 Å². The molecule has 0 amide bonds. The van der Waals surface area contributed by atoms with E-state index in [2.05, 4.69) is 15.3 Å². The van der Waals surface area contributed by atoms with E-state index in [1.54, 1.807) is 17.5 Å². The molecule has 90 valence electrons. The second-order valence-corrected chi connectivity index (χ2v) is 5.62. The van der Waals surface area contributed by atoms with Gasteiger partial charge in [0.2, 0.25) is 5.89 Å². The molecule has 0 saturated heterocycles. The van der Waals surface area contributed by atoms with Crippen LogP contribution in [-0.4, -0.2) is 16.0 Å². The van der Waals surface area contributed by atoms with Crippen LogP contribution in [0, 0.1) is 13.8 Å². The summed E-state index contributed by atoms with van der Waals surface area (Å²) in [6.07, 6.45) is 4.35. The number of nitrogens with zero attached hydrogens (tertiary/aromatic N) is 2. The fourth-order valence-corrected chi connectivity index (χ4v) is 2.64. The topological polar surface area (TPSA) is 51.0 Å². The zero-order valence-electron chi connectivity index (χ0n) is 9.99. The molecule has 2 aromatic heterocycles. The minimum Gasteiger partial charge on any atom is -0.438 e. The molecule has 0 unspecified atom stereocenters. The second kappa shape index (κ2) is 4.23. The highest BCUT2D eigenvalue weighted by Gasteiger charge is 2.21. The SMILES string of the molecule is Cc1nc(C)c(-c2cnc(CNC3CC3)o2)s1. The van der Waals surface area contributed by atoms with Crippen molar-refractivity contribution in [1.82, 2.24) is 15.3 Å². The van der Waals surface area contributed by atoms with Crippen molar-refractivity contribution in [3.8, 4) is 10.6 Å². The molecule has 0 aliphatic heterocycles. The van der Waals surface area contributed by atoms with Crippen molar-refractivity contribution in [3.63, 3.8) is 0 Å². The van der Waals surface area contributed by atoms with E-state index in [4.69, 9.17) is 4.42 Å². The van der Waals surface area contributed by atoms with E-state index in [0.717, 1.165) is 33.8 Å². The normalized spacial score (nSPS) is 15.4. The molecule has 1 aliphatic rings. The van der Waals surface area contributed by atoms with Crippen LogP contribution in [0.3, 0.4) is 0 Å². The number of thiazole rings is 1. The Labute approximate surface area is 104 Å². The molecule has 2 heterocycles. The van der Waals surface area contributed by atoms with Crippen LogP contribution in [0.25, 0.3) is 10.6 Å². The van der Waals surface area contributed by atoms with Gasteiger partial charge in [-0.2, -0.15) is 0 Å². The van der Waals surface area contributed by atoms with Gasteiger partial charge in [0.25, 0.3) is 0 Å². The van der Waals surface area contributed by atoms with Crippen LogP contribution >= 0.6 is 11.3 Å². The van der Waals surface area contributed by atoms with Crippen LogP contribution in [0.4, 0.5) is 0 Å². The molecular formula is C12H15N3OS. The fourth-order valence-electron chi connectivity index (χ4n) is 1.78. The van der Waals surface area contributed by atoms with Crippen molar-refractivity contribution < 1.29 is 4.42 Å². The van der Waals surface area contributed by atoms with Gasteiger partial charge in [-0.25, -0.2) is 9.97 Å². The second-order valence-electron chi connectivity index (χ2n) is 4.42. The first kappa shape index (κ1) is 10.9. The minimum atomic E-state index is 0.678. The Morgan fingerprint density at radius 1 is 1.47 bits per heavy atom. The van der Waals surface area contributed by atoms with E-state index in [1.807, 2.05) is 13.8 Å². The summed E-state index contributed by atoms with van der Waals surface area (Å²) < 4.78 is 5.74. The van der Waals surface area contributed by atoms with Crippen LogP contribution in [0.2, 0.25) is 0 Å². The third-order valence-electron chi connectivity index (χ3n) is 2.80. The Kier molecular flexibility index (Phi) is 2.72. The largest absolute Gasteiger partial charge is 0.438 e. The Morgan fingerprint density at radius 2 is 2.29 bits per heavy atom. The number of hydrogen-bond acceptors (Lipinski definition) is 5. The number of hydrogen-bond donors (Lipinski definition) is 1. The maximum Gasteiger partial charge on any atom is 0.208 e. The predicted molar refractivity (Wildman–Crippen MR) is 66.9 cm³/mol. The van der Waals surface area contributed by atoms with Gasteiger partial charge in [0.15, 0.2) is 5.76 Å². The van der Waals surface area contributed by atoms with Gasteiger partial charge < -0.3 is 9.73 Å². The minimum absolute atomic E-state index is 0.678. The van der Waals surface area contributed by atoms with E-state index < -0.39 is 0 Å². The molecule has 0 spiro atoms. The van der Waals surface area contributed by atoms with Crippen LogP contribution in [0.1, 0.15) is 29.4 Å². The Hall–Kier alpha value is -1.20. The van der Waals surface area contributed by atoms with Gasteiger partial charge in [-0.05, 0) is 26.7 Å². The lowest BCUT2D eigenvalue weighted by Gasteiger charge is -1.96. The van der Waals surface area contributed by atoms with Gasteiger partial charge in [-0.1, -0.05) is 0 Å². The molecule has 0 radical (unpaired) electrons. The van der Waals surface area contributed by atoms with Crippen molar-refractivity contribution in [2.24, 2.45) is 0 Å². The van der Waals surface area contributed by atoms with Crippen molar-refractivity contribution in [2.45, 2.75) is 39.3 Å². The average Bonchev–Trinajstić information content (AvgIpc) is 2.90. The van der Waals surface area contributed by atoms with Crippen molar-refractivity contribution >= 4 is 11.3 Å². The van der Waals surface area contributed by atoms with Gasteiger partial charge in [0, 0.05) is 6.04 Å². The highest BCUT2D eigenvalue weighted by Crippen LogP contribution is 2.30. The molecule has 3 rings (SSSR count). The lowest BCUT2D eigenvalue weighted by atomic mass is 10.3. The first-order valence-corrected chi connectivity index (χ1v) is 6.66. The quantitative estimate of drug-likeness (QED) is 0.905. The third-order valence-corrected chi connectivity index (χ3v) is 3.89. The number of aromatic nitrogens is 2. The van der Waals surface area contributed by atoms with Gasteiger partial charge in [-0.15, -0.1) is 11.3 Å². The molecular weight excluding hydrogens is 234 g/mol. The molecule has 5 heteroatoms. The van der Waals surface area contributed by atoms with Crippen LogP contribution in [0.5, 0.6) is 0 Å². The van der Waals surface area contributed by atoms with E-state index in [9.17, 15) is 0 Å². The van der Waals surface area contributed by atoms with Gasteiger partial charge in [-0.3, -0.25) is 0 Å². The lowest BCUT2D eigenvalue weighted by molar-refractivity contribution is 0.477. The molecule has 0 atom stereocenters. The third kappa shape index (κ3) is 2.40. The molecule has 1 fully saturated rings. The molecule has 0 bridgehead atoms. The fraction of sp³-hybridized carbons (Fsp3) is 0.500. The molecule has 2 aromatic rings. The molecule has 4 nitrogen and oxygen atoms in total. The van der Waals surface area contributed by atoms with Crippen molar-refractivity contribution in [3.05, 3.63) is 22.8 Å². The monoisotopic (exact) mass is 249 g/mol. The number of nitrogens with one attached hydrogen (secondary N) is 1. The van der Waals surface area contributed by atoms with Crippen LogP contribution < -0.4 is 5.32 Å². The summed E-state index contributed by atoms with van der Waals surface area (Å²) in [5, 5.41) is 4.45. The first-order chi connectivity index (χ1) is 8.22. The van der Waals surface area contributed by atoms with Crippen molar-refractivity contribution in [1.29, 1.82) is 0 Å². The Balaban J connectivity index is 1.76. The van der Waals surface area contributed by atoms with Gasteiger partial charge in [0.05, 0.1) is 28.3 Å². The highest BCUT2D eigenvalue weighted by molar-refractivity contribution is 7.15. The first-order valence-electron chi connectivity index (χ1n) is 5.85. The molecule has 0 aromatic carbocycles. The molecule has 17 heavy (non-hydrogen) atoms. The van der Waals surface area contributed by atoms with E-state index in [0.29, 0.717) is 6.04 Å². The summed E-state index contributed by atoms with van der Waals surface area (Å²) in [5.41, 5.74) is 1.02. The van der Waals surface area contributed by atoms with Gasteiger partial charge >= 0.3 is 0 Å². The standard InChI is InChI=1S/C12H15N3OS/c1-7-12(17-8(2)15-7)10-5-14-11(16-10)6-13-9-3-4-9/h5,9,13H,3-4,6H2,1-2H3. The zero-order chi connectivity index (χ0) is 11.8. The summed E-state index contributed by atoms with van der Waals surface area (Å²) in [5.74, 6) is 1.60. The summed E-state index contributed by atoms with van der Waals surface area (Å²) in [6.45, 7) is 4.73. The summed E-state index contributed by atoms with van der Waals surface area (Å²) in [6, 6.07) is 0.678. The number of oxazole rings is 1. The smallest absolute Gasteiger partial charge is 0.208 e. The average molecular weight is 249 g/mol. The lowest BCUT2D eigenvalue weighted by Crippen LogP contribution is -2.15. The summed E-state index contributed by atoms with van der Waals surface area (Å²) in [7, 11) is 0. The number of rotatable bonds is 4. The zero-order valence-corrected chi connectivity index (χ0v) is 10.8. The summed E-state index contributed by atoms with van der Waals surface area (Å²) >= 11 is 1.65. The van der Waals surface area contributed by atoms with E-state index >= 15 is 0 Å². The van der Waals surface area contributed by atoms with E-state index in [1.165, 1.54) is 12.8 Å². The molecule has 1 saturated carbocycles. The number of aryl methyl sites for hydroxylation is 2. The Morgan fingerprint density at radius 3 is 2.94 bits per heavy atom. The van der Waals surface area contributed by atoms with Crippen LogP contribution in [0.15, 0.2) is 10.6 Å². The van der Waals surface area contributed by atoms with E-state index in [-0.39, 0.29) is 0 Å². The molecule has 1 N–H and O–H groups in total. The highest BCUT2D eigenvalue weighted by atomic mass is 32.1. The predicted octanol–water partition coefficient (Wildman–Crippen LogP) is 2.67. The summed E-state index contributed by atoms with van der Waals surface area (Å²) in [4.78, 5) is 9.78. The molecule has 1 aliphatic carbocycles. The maximum atomic E-state index is 5.74. The van der Waals surface area contributed by atoms with Crippen LogP contribution in [-0.2, 0) is 6.54 Å². The Bertz CT molecular complexity index is 528. The van der Waals surface area contributed by atoms with Gasteiger partial charge in [0.1, 0.15) is 0 Å².